The van der Waals surface area contributed by atoms with E-state index in [2.05, 4.69) is 15.3 Å². The average molecular weight is 445 g/mol. The molecule has 0 saturated heterocycles. The molecule has 32 heavy (non-hydrogen) atoms. The van der Waals surface area contributed by atoms with E-state index in [0.29, 0.717) is 5.13 Å². The number of carbonyl (C=O) groups is 1. The van der Waals surface area contributed by atoms with Gasteiger partial charge in [-0.2, -0.15) is 5.10 Å². The first-order valence-electron chi connectivity index (χ1n) is 10.2. The van der Waals surface area contributed by atoms with Crippen molar-refractivity contribution >= 4 is 35.7 Å². The summed E-state index contributed by atoms with van der Waals surface area (Å²) in [6.07, 6.45) is 5.04. The molecule has 0 atom stereocenters. The maximum absolute atomic E-state index is 11.7. The van der Waals surface area contributed by atoms with E-state index < -0.39 is 12.5 Å². The molecule has 0 bridgehead atoms. The maximum atomic E-state index is 11.7. The van der Waals surface area contributed by atoms with Gasteiger partial charge >= 0.3 is 0 Å². The van der Waals surface area contributed by atoms with Crippen molar-refractivity contribution in [1.82, 2.24) is 19.7 Å². The molecule has 8 nitrogen and oxygen atoms in total. The molecule has 0 unspecified atom stereocenters. The second kappa shape index (κ2) is 8.31. The summed E-state index contributed by atoms with van der Waals surface area (Å²) in [7, 11) is 2.00. The number of carbonyl (C=O) groups excluding carboxylic acids is 1. The van der Waals surface area contributed by atoms with Crippen LogP contribution in [-0.2, 0) is 24.2 Å². The van der Waals surface area contributed by atoms with Crippen molar-refractivity contribution in [3.63, 3.8) is 0 Å². The zero-order chi connectivity index (χ0) is 22.2. The van der Waals surface area contributed by atoms with Crippen molar-refractivity contribution in [3.05, 3.63) is 59.5 Å². The zero-order valence-electron chi connectivity index (χ0n) is 17.4. The van der Waals surface area contributed by atoms with Crippen molar-refractivity contribution < 1.29 is 15.0 Å². The van der Waals surface area contributed by atoms with Crippen LogP contribution < -0.4 is 10.8 Å². The normalized spacial score (nSPS) is 12.3. The second-order valence-corrected chi connectivity index (χ2v) is 8.61. The van der Waals surface area contributed by atoms with Gasteiger partial charge in [-0.3, -0.25) is 15.1 Å². The molecule has 0 radical (unpaired) electrons. The summed E-state index contributed by atoms with van der Waals surface area (Å²) in [6.45, 7) is -0.610. The Labute approximate surface area is 189 Å². The van der Waals surface area contributed by atoms with E-state index in [0.717, 1.165) is 62.6 Å². The molecule has 1 aliphatic rings. The van der Waals surface area contributed by atoms with Crippen LogP contribution in [0.1, 0.15) is 16.8 Å². The maximum Gasteiger partial charge on any atom is 0.251 e. The Hall–Kier alpha value is -3.34. The molecular weight excluding hydrogens is 425 g/mol. The summed E-state index contributed by atoms with van der Waals surface area (Å²) >= 11 is 1.38. The van der Waals surface area contributed by atoms with Crippen LogP contribution in [0.2, 0.25) is 0 Å². The molecule has 160 valence electrons. The van der Waals surface area contributed by atoms with Gasteiger partial charge in [-0.1, -0.05) is 28.9 Å². The molecule has 0 spiro atoms. The molecular formula is C22H20BN5O3S. The van der Waals surface area contributed by atoms with Gasteiger partial charge < -0.3 is 10.2 Å². The van der Waals surface area contributed by atoms with Gasteiger partial charge in [-0.05, 0) is 36.6 Å². The monoisotopic (exact) mass is 445 g/mol. The van der Waals surface area contributed by atoms with E-state index in [1.54, 1.807) is 6.20 Å². The third kappa shape index (κ3) is 3.52. The van der Waals surface area contributed by atoms with Crippen LogP contribution in [0.15, 0.2) is 42.7 Å². The number of aliphatic hydroxyl groups is 2. The van der Waals surface area contributed by atoms with Gasteiger partial charge in [0, 0.05) is 23.5 Å². The number of benzene rings is 1. The van der Waals surface area contributed by atoms with Crippen LogP contribution in [0.4, 0.5) is 5.13 Å². The summed E-state index contributed by atoms with van der Waals surface area (Å²) in [5.41, 5.74) is 7.52. The van der Waals surface area contributed by atoms with E-state index >= 15 is 0 Å². The van der Waals surface area contributed by atoms with Crippen LogP contribution in [0.25, 0.3) is 27.5 Å². The lowest BCUT2D eigenvalue weighted by Gasteiger charge is -2.15. The zero-order valence-corrected chi connectivity index (χ0v) is 18.2. The highest BCUT2D eigenvalue weighted by Crippen LogP contribution is 2.43. The number of nitrogens with zero attached hydrogens (tertiary/aromatic N) is 4. The van der Waals surface area contributed by atoms with Crippen LogP contribution in [-0.4, -0.2) is 50.3 Å². The summed E-state index contributed by atoms with van der Waals surface area (Å²) in [5, 5.41) is 26.7. The summed E-state index contributed by atoms with van der Waals surface area (Å²) in [5.74, 6) is -0.490. The van der Waals surface area contributed by atoms with E-state index in [1.165, 1.54) is 11.3 Å². The molecule has 4 aromatic rings. The lowest BCUT2D eigenvalue weighted by atomic mass is 9.91. The van der Waals surface area contributed by atoms with Crippen LogP contribution >= 0.6 is 11.3 Å². The van der Waals surface area contributed by atoms with Crippen molar-refractivity contribution in [1.29, 1.82) is 0 Å². The predicted octanol–water partition coefficient (Wildman–Crippen LogP) is 0.838. The van der Waals surface area contributed by atoms with Gasteiger partial charge in [0.25, 0.3) is 5.91 Å². The molecule has 0 fully saturated rings. The quantitative estimate of drug-likeness (QED) is 0.393. The largest absolute Gasteiger partial charge is 0.392 e. The lowest BCUT2D eigenvalue weighted by molar-refractivity contribution is -0.118. The van der Waals surface area contributed by atoms with Gasteiger partial charge in [0.05, 0.1) is 34.3 Å². The molecule has 0 saturated carbocycles. The summed E-state index contributed by atoms with van der Waals surface area (Å²) in [6, 6.07) is 9.70. The number of aromatic nitrogens is 4. The minimum atomic E-state index is -0.588. The van der Waals surface area contributed by atoms with Crippen LogP contribution in [0.3, 0.4) is 0 Å². The van der Waals surface area contributed by atoms with Gasteiger partial charge in [0.2, 0.25) is 0 Å². The number of aryl methyl sites for hydroxylation is 1. The van der Waals surface area contributed by atoms with E-state index in [4.69, 9.17) is 10.2 Å². The molecule has 1 aromatic carbocycles. The Morgan fingerprint density at radius 3 is 2.84 bits per heavy atom. The predicted molar refractivity (Wildman–Crippen MR) is 125 cm³/mol. The first kappa shape index (κ1) is 20.6. The highest BCUT2D eigenvalue weighted by Gasteiger charge is 2.30. The fourth-order valence-electron chi connectivity index (χ4n) is 4.04. The number of hydrogen-bond donors (Lipinski definition) is 3. The average Bonchev–Trinajstić information content (AvgIpc) is 3.40. The van der Waals surface area contributed by atoms with Crippen molar-refractivity contribution in [2.24, 2.45) is 0 Å². The molecule has 0 aliphatic heterocycles. The lowest BCUT2D eigenvalue weighted by Crippen LogP contribution is -2.16. The van der Waals surface area contributed by atoms with Gasteiger partial charge in [-0.25, -0.2) is 9.67 Å². The molecule has 1 amide bonds. The summed E-state index contributed by atoms with van der Waals surface area (Å²) < 4.78 is 1.93. The Balaban J connectivity index is 1.72. The number of aliphatic hydroxyl groups excluding tert-OH is 2. The Bertz CT molecular complexity index is 1320. The number of hydrogen-bond acceptors (Lipinski definition) is 7. The Kier molecular flexibility index (Phi) is 5.34. The van der Waals surface area contributed by atoms with Gasteiger partial charge in [0.15, 0.2) is 5.13 Å². The molecule has 5 rings (SSSR count). The van der Waals surface area contributed by atoms with Gasteiger partial charge in [-0.15, -0.1) is 0 Å². The molecule has 3 N–H and O–H groups in total. The highest BCUT2D eigenvalue weighted by atomic mass is 32.1. The Morgan fingerprint density at radius 1 is 1.25 bits per heavy atom. The second-order valence-electron chi connectivity index (χ2n) is 7.61. The van der Waals surface area contributed by atoms with Crippen molar-refractivity contribution in [2.75, 3.05) is 11.9 Å². The number of fused-ring (bicyclic) bond motifs is 3. The SMILES string of the molecule is Bc1cc(CO)ccc1-n1nc(-c2cccnc2)c2c1-c1sc(NC(=O)CO)nc1CC2. The fraction of sp³-hybridized carbons (Fsp3) is 0.182. The topological polar surface area (TPSA) is 113 Å². The number of anilines is 1. The highest BCUT2D eigenvalue weighted by molar-refractivity contribution is 7.19. The van der Waals surface area contributed by atoms with Crippen LogP contribution in [0, 0.1) is 0 Å². The number of thiazole rings is 1. The molecule has 3 heterocycles. The number of pyridine rings is 1. The molecule has 10 heteroatoms. The minimum Gasteiger partial charge on any atom is -0.392 e. The van der Waals surface area contributed by atoms with Crippen molar-refractivity contribution in [3.8, 4) is 27.5 Å². The first-order valence-corrected chi connectivity index (χ1v) is 11.0. The third-order valence-electron chi connectivity index (χ3n) is 5.50. The van der Waals surface area contributed by atoms with E-state index in [-0.39, 0.29) is 6.61 Å². The number of nitrogens with one attached hydrogen (secondary N) is 1. The number of amides is 1. The smallest absolute Gasteiger partial charge is 0.251 e. The molecule has 1 aliphatic carbocycles. The third-order valence-corrected chi connectivity index (χ3v) is 6.52. The summed E-state index contributed by atoms with van der Waals surface area (Å²) in [4.78, 5) is 21.5. The van der Waals surface area contributed by atoms with Crippen LogP contribution in [0.5, 0.6) is 0 Å². The first-order chi connectivity index (χ1) is 15.6. The minimum absolute atomic E-state index is 0.0216. The van der Waals surface area contributed by atoms with Crippen molar-refractivity contribution in [2.45, 2.75) is 19.4 Å². The molecule has 3 aromatic heterocycles. The number of rotatable bonds is 5. The van der Waals surface area contributed by atoms with Gasteiger partial charge in [0.1, 0.15) is 14.5 Å². The van der Waals surface area contributed by atoms with E-state index in [1.807, 2.05) is 49.1 Å². The fourth-order valence-corrected chi connectivity index (χ4v) is 5.13. The van der Waals surface area contributed by atoms with E-state index in [9.17, 15) is 9.90 Å². The standard InChI is InChI=1S/C22H20BN5O3S/c23-15-8-12(10-29)3-6-17(15)28-20-14(19(27-28)13-2-1-7-24-9-13)4-5-16-21(20)32-22(25-16)26-18(31)11-30/h1-3,6-9,29-30H,4-5,10-11,23H2,(H,25,26,31). The Morgan fingerprint density at radius 2 is 2.12 bits per heavy atom.